The van der Waals surface area contributed by atoms with Gasteiger partial charge in [0.2, 0.25) is 11.8 Å². The maximum atomic E-state index is 12.9. The zero-order chi connectivity index (χ0) is 38.1. The van der Waals surface area contributed by atoms with Gasteiger partial charge in [-0.05, 0) is 109 Å². The smallest absolute Gasteiger partial charge is 0.255 e. The Morgan fingerprint density at radius 3 is 2.29 bits per heavy atom. The SMILES string of the molecule is O=C1CCC(N2Cc3cc(CCCCOCCCOCCCOc4ccc(Oc5c(-c6ccc(Br)cc6)sc6cc(O)ccc56)cc4)ccc3C2=O)C(=O)N1. The van der Waals surface area contributed by atoms with E-state index in [4.69, 9.17) is 18.9 Å². The van der Waals surface area contributed by atoms with E-state index in [0.717, 1.165) is 79.7 Å². The van der Waals surface area contributed by atoms with Gasteiger partial charge in [0.15, 0.2) is 5.75 Å². The molecular formula is C43H43BrN2O8S. The summed E-state index contributed by atoms with van der Waals surface area (Å²) in [5.74, 6) is 1.63. The zero-order valence-electron chi connectivity index (χ0n) is 30.4. The van der Waals surface area contributed by atoms with Crippen LogP contribution in [0.4, 0.5) is 0 Å². The first-order valence-electron chi connectivity index (χ1n) is 18.7. The van der Waals surface area contributed by atoms with Crippen molar-refractivity contribution < 1.29 is 38.4 Å². The molecule has 5 aromatic rings. The number of piperidine rings is 1. The molecule has 0 bridgehead atoms. The van der Waals surface area contributed by atoms with Crippen LogP contribution in [0.3, 0.4) is 0 Å². The second-order valence-corrected chi connectivity index (χ2v) is 15.6. The number of hydrogen-bond donors (Lipinski definition) is 2. The molecule has 3 heterocycles. The normalized spacial score (nSPS) is 15.4. The molecule has 286 valence electrons. The van der Waals surface area contributed by atoms with E-state index in [1.807, 2.05) is 66.7 Å². The second kappa shape index (κ2) is 18.3. The van der Waals surface area contributed by atoms with Crippen molar-refractivity contribution in [1.82, 2.24) is 10.2 Å². The van der Waals surface area contributed by atoms with E-state index in [2.05, 4.69) is 27.3 Å². The summed E-state index contributed by atoms with van der Waals surface area (Å²) in [7, 11) is 0. The fourth-order valence-electron chi connectivity index (χ4n) is 6.81. The molecule has 0 radical (unpaired) electrons. The second-order valence-electron chi connectivity index (χ2n) is 13.7. The van der Waals surface area contributed by atoms with Gasteiger partial charge in [-0.15, -0.1) is 11.3 Å². The molecule has 1 unspecified atom stereocenters. The summed E-state index contributed by atoms with van der Waals surface area (Å²) >= 11 is 5.09. The number of aryl methyl sites for hydroxylation is 1. The monoisotopic (exact) mass is 826 g/mol. The van der Waals surface area contributed by atoms with Crippen molar-refractivity contribution in [2.24, 2.45) is 0 Å². The summed E-state index contributed by atoms with van der Waals surface area (Å²) in [4.78, 5) is 39.3. The standard InChI is InChI=1S/C43H43BrN2O8S/c44-31-9-7-29(8-10-31)41-40(36-17-11-32(47)26-38(36)55-41)54-34-14-12-33(13-15-34)53-24-4-23-52-22-3-21-51-20-2-1-5-28-6-16-35-30(25-28)27-46(43(35)50)37-18-19-39(48)45-42(37)49/h6-17,25-26,37,47H,1-5,18-24,27H2,(H,45,48,49). The van der Waals surface area contributed by atoms with Crippen LogP contribution in [0.1, 0.15) is 60.0 Å². The lowest BCUT2D eigenvalue weighted by atomic mass is 10.0. The van der Waals surface area contributed by atoms with Crippen molar-refractivity contribution in [3.05, 3.63) is 106 Å². The van der Waals surface area contributed by atoms with Crippen LogP contribution >= 0.6 is 27.3 Å². The third-order valence-electron chi connectivity index (χ3n) is 9.65. The van der Waals surface area contributed by atoms with Crippen molar-refractivity contribution in [2.75, 3.05) is 33.0 Å². The van der Waals surface area contributed by atoms with Gasteiger partial charge in [0.25, 0.3) is 5.91 Å². The van der Waals surface area contributed by atoms with Crippen LogP contribution in [0.2, 0.25) is 0 Å². The molecule has 12 heteroatoms. The van der Waals surface area contributed by atoms with Gasteiger partial charge in [0.05, 0.1) is 11.5 Å². The van der Waals surface area contributed by atoms with Crippen LogP contribution in [0, 0.1) is 0 Å². The first-order chi connectivity index (χ1) is 26.8. The van der Waals surface area contributed by atoms with Gasteiger partial charge < -0.3 is 29.0 Å². The van der Waals surface area contributed by atoms with E-state index in [1.54, 1.807) is 28.4 Å². The number of phenols is 1. The fraction of sp³-hybridized carbons (Fsp3) is 0.326. The Morgan fingerprint density at radius 1 is 0.800 bits per heavy atom. The van der Waals surface area contributed by atoms with E-state index in [9.17, 15) is 19.5 Å². The van der Waals surface area contributed by atoms with Gasteiger partial charge >= 0.3 is 0 Å². The lowest BCUT2D eigenvalue weighted by Crippen LogP contribution is -2.52. The minimum Gasteiger partial charge on any atom is -0.508 e. The van der Waals surface area contributed by atoms with Gasteiger partial charge in [0.1, 0.15) is 23.3 Å². The van der Waals surface area contributed by atoms with Crippen LogP contribution in [0.5, 0.6) is 23.0 Å². The van der Waals surface area contributed by atoms with E-state index in [0.29, 0.717) is 57.3 Å². The number of nitrogens with one attached hydrogen (secondary N) is 1. The highest BCUT2D eigenvalue weighted by Crippen LogP contribution is 2.47. The Hall–Kier alpha value is -4.75. The van der Waals surface area contributed by atoms with Gasteiger partial charge in [-0.25, -0.2) is 0 Å². The Bertz CT molecular complexity index is 2140. The number of carbonyl (C=O) groups is 3. The van der Waals surface area contributed by atoms with Gasteiger partial charge in [-0.3, -0.25) is 19.7 Å². The number of carbonyl (C=O) groups excluding carboxylic acids is 3. The molecule has 0 saturated carbocycles. The number of halogens is 1. The molecule has 1 fully saturated rings. The Kier molecular flexibility index (Phi) is 12.8. The molecular weight excluding hydrogens is 784 g/mol. The minimum absolute atomic E-state index is 0.143. The molecule has 1 saturated heterocycles. The molecule has 0 spiro atoms. The number of benzene rings is 4. The van der Waals surface area contributed by atoms with Crippen LogP contribution in [0.25, 0.3) is 20.5 Å². The van der Waals surface area contributed by atoms with Gasteiger partial charge in [0, 0.05) is 65.9 Å². The maximum absolute atomic E-state index is 12.9. The number of aromatic hydroxyl groups is 1. The number of amides is 3. The highest BCUT2D eigenvalue weighted by Gasteiger charge is 2.39. The van der Waals surface area contributed by atoms with Crippen molar-refractivity contribution in [1.29, 1.82) is 0 Å². The fourth-order valence-corrected chi connectivity index (χ4v) is 8.24. The summed E-state index contributed by atoms with van der Waals surface area (Å²) < 4.78 is 25.9. The Balaban J connectivity index is 0.742. The number of ether oxygens (including phenoxy) is 4. The molecule has 1 atom stereocenters. The van der Waals surface area contributed by atoms with Crippen LogP contribution < -0.4 is 14.8 Å². The highest BCUT2D eigenvalue weighted by molar-refractivity contribution is 9.10. The summed E-state index contributed by atoms with van der Waals surface area (Å²) in [6, 6.07) is 26.4. The lowest BCUT2D eigenvalue weighted by Gasteiger charge is -2.29. The predicted molar refractivity (Wildman–Crippen MR) is 215 cm³/mol. The summed E-state index contributed by atoms with van der Waals surface area (Å²) in [6.45, 7) is 3.52. The molecule has 2 aliphatic heterocycles. The number of hydrogen-bond acceptors (Lipinski definition) is 9. The van der Waals surface area contributed by atoms with Crippen LogP contribution in [-0.2, 0) is 32.0 Å². The molecule has 3 amide bonds. The number of phenolic OH excluding ortho intramolecular Hbond substituents is 1. The topological polar surface area (TPSA) is 124 Å². The summed E-state index contributed by atoms with van der Waals surface area (Å²) in [5, 5.41) is 13.3. The number of nitrogens with zero attached hydrogens (tertiary/aromatic N) is 1. The number of fused-ring (bicyclic) bond motifs is 2. The zero-order valence-corrected chi connectivity index (χ0v) is 32.8. The minimum atomic E-state index is -0.592. The van der Waals surface area contributed by atoms with Gasteiger partial charge in [-0.2, -0.15) is 0 Å². The van der Waals surface area contributed by atoms with Crippen molar-refractivity contribution >= 4 is 55.1 Å². The van der Waals surface area contributed by atoms with Crippen LogP contribution in [-0.4, -0.2) is 66.8 Å². The number of unbranched alkanes of at least 4 members (excludes halogenated alkanes) is 1. The maximum Gasteiger partial charge on any atom is 0.255 e. The third kappa shape index (κ3) is 9.74. The number of rotatable bonds is 18. The molecule has 2 aliphatic rings. The molecule has 4 aromatic carbocycles. The molecule has 55 heavy (non-hydrogen) atoms. The average molecular weight is 828 g/mol. The predicted octanol–water partition coefficient (Wildman–Crippen LogP) is 8.80. The summed E-state index contributed by atoms with van der Waals surface area (Å²) in [5.41, 5.74) is 3.79. The molecule has 7 rings (SSSR count). The van der Waals surface area contributed by atoms with E-state index < -0.39 is 6.04 Å². The molecule has 2 N–H and O–H groups in total. The van der Waals surface area contributed by atoms with Crippen LogP contribution in [0.15, 0.2) is 89.4 Å². The van der Waals surface area contributed by atoms with E-state index >= 15 is 0 Å². The van der Waals surface area contributed by atoms with E-state index in [1.165, 1.54) is 0 Å². The first-order valence-corrected chi connectivity index (χ1v) is 20.3. The number of imide groups is 1. The molecule has 0 aliphatic carbocycles. The van der Waals surface area contributed by atoms with Gasteiger partial charge in [-0.1, -0.05) is 40.2 Å². The Labute approximate surface area is 332 Å². The average Bonchev–Trinajstić information content (AvgIpc) is 3.70. The largest absolute Gasteiger partial charge is 0.508 e. The van der Waals surface area contributed by atoms with E-state index in [-0.39, 0.29) is 29.9 Å². The van der Waals surface area contributed by atoms with Crippen molar-refractivity contribution in [2.45, 2.75) is 57.5 Å². The van der Waals surface area contributed by atoms with Crippen molar-refractivity contribution in [3.63, 3.8) is 0 Å². The molecule has 1 aromatic heterocycles. The number of thiophene rings is 1. The third-order valence-corrected chi connectivity index (χ3v) is 11.4. The summed E-state index contributed by atoms with van der Waals surface area (Å²) in [6.07, 6.45) is 5.02. The quantitative estimate of drug-likeness (QED) is 0.0664. The first kappa shape index (κ1) is 38.5. The Morgan fingerprint density at radius 2 is 1.53 bits per heavy atom. The lowest BCUT2D eigenvalue weighted by molar-refractivity contribution is -0.136. The molecule has 10 nitrogen and oxygen atoms in total. The van der Waals surface area contributed by atoms with Crippen molar-refractivity contribution in [3.8, 4) is 33.4 Å². The highest BCUT2D eigenvalue weighted by atomic mass is 79.9.